The van der Waals surface area contributed by atoms with Gasteiger partial charge in [-0.1, -0.05) is 24.6 Å². The summed E-state index contributed by atoms with van der Waals surface area (Å²) in [5.74, 6) is 0. The van der Waals surface area contributed by atoms with Crippen molar-refractivity contribution in [1.29, 1.82) is 0 Å². The van der Waals surface area contributed by atoms with Gasteiger partial charge in [0, 0.05) is 18.7 Å². The standard InChI is InChI=1S/C12H15N5O2/c1-2-4-12-11(8-13)14-15-16(12)9-5-3-6-10(7-9)17(18)19/h3,5-7H,2,4,8,13H2,1H3. The number of benzene rings is 1. The highest BCUT2D eigenvalue weighted by molar-refractivity contribution is 5.43. The summed E-state index contributed by atoms with van der Waals surface area (Å²) >= 11 is 0. The molecule has 0 amide bonds. The molecule has 100 valence electrons. The molecule has 2 aromatic rings. The Morgan fingerprint density at radius 3 is 2.89 bits per heavy atom. The Kier molecular flexibility index (Phi) is 3.86. The van der Waals surface area contributed by atoms with Crippen LogP contribution in [0, 0.1) is 10.1 Å². The van der Waals surface area contributed by atoms with E-state index in [0.29, 0.717) is 12.2 Å². The van der Waals surface area contributed by atoms with E-state index in [4.69, 9.17) is 5.73 Å². The van der Waals surface area contributed by atoms with Crippen LogP contribution < -0.4 is 5.73 Å². The van der Waals surface area contributed by atoms with Crippen molar-refractivity contribution in [2.45, 2.75) is 26.3 Å². The zero-order valence-corrected chi connectivity index (χ0v) is 10.6. The van der Waals surface area contributed by atoms with Crippen molar-refractivity contribution in [2.24, 2.45) is 5.73 Å². The summed E-state index contributed by atoms with van der Waals surface area (Å²) in [5.41, 5.74) is 7.93. The van der Waals surface area contributed by atoms with E-state index in [1.165, 1.54) is 12.1 Å². The van der Waals surface area contributed by atoms with Crippen LogP contribution in [0.5, 0.6) is 0 Å². The van der Waals surface area contributed by atoms with Crippen molar-refractivity contribution in [3.63, 3.8) is 0 Å². The Balaban J connectivity index is 2.49. The third kappa shape index (κ3) is 2.60. The van der Waals surface area contributed by atoms with Crippen LogP contribution in [0.25, 0.3) is 5.69 Å². The number of nitrogens with zero attached hydrogens (tertiary/aromatic N) is 4. The minimum absolute atomic E-state index is 0.0322. The average Bonchev–Trinajstić information content (AvgIpc) is 2.82. The summed E-state index contributed by atoms with van der Waals surface area (Å²) < 4.78 is 1.62. The van der Waals surface area contributed by atoms with Crippen molar-refractivity contribution in [1.82, 2.24) is 15.0 Å². The van der Waals surface area contributed by atoms with E-state index in [-0.39, 0.29) is 5.69 Å². The number of nitrogens with two attached hydrogens (primary N) is 1. The number of hydrogen-bond donors (Lipinski definition) is 1. The molecule has 0 saturated heterocycles. The van der Waals surface area contributed by atoms with E-state index in [1.54, 1.807) is 16.8 Å². The first-order valence-corrected chi connectivity index (χ1v) is 6.05. The second-order valence-electron chi connectivity index (χ2n) is 4.13. The molecule has 0 aliphatic rings. The molecule has 0 aliphatic heterocycles. The first-order valence-electron chi connectivity index (χ1n) is 6.05. The normalized spacial score (nSPS) is 10.6. The Morgan fingerprint density at radius 2 is 2.26 bits per heavy atom. The Morgan fingerprint density at radius 1 is 1.47 bits per heavy atom. The minimum atomic E-state index is -0.427. The molecule has 1 aromatic carbocycles. The molecule has 2 N–H and O–H groups in total. The number of nitro benzene ring substituents is 1. The fourth-order valence-corrected chi connectivity index (χ4v) is 1.92. The van der Waals surface area contributed by atoms with E-state index < -0.39 is 4.92 Å². The zero-order chi connectivity index (χ0) is 13.8. The SMILES string of the molecule is CCCc1c(CN)nnn1-c1cccc([N+](=O)[O-])c1. The van der Waals surface area contributed by atoms with Crippen LogP contribution in [0.15, 0.2) is 24.3 Å². The third-order valence-electron chi connectivity index (χ3n) is 2.81. The molecule has 1 aromatic heterocycles. The van der Waals surface area contributed by atoms with Gasteiger partial charge in [0.1, 0.15) is 0 Å². The van der Waals surface area contributed by atoms with Gasteiger partial charge in [-0.15, -0.1) is 5.10 Å². The highest BCUT2D eigenvalue weighted by Crippen LogP contribution is 2.19. The van der Waals surface area contributed by atoms with Crippen LogP contribution in [0.1, 0.15) is 24.7 Å². The van der Waals surface area contributed by atoms with Crippen LogP contribution in [-0.2, 0) is 13.0 Å². The fourth-order valence-electron chi connectivity index (χ4n) is 1.92. The molecule has 0 radical (unpaired) electrons. The fraction of sp³-hybridized carbons (Fsp3) is 0.333. The molecule has 0 saturated carbocycles. The number of non-ortho nitro benzene ring substituents is 1. The smallest absolute Gasteiger partial charge is 0.271 e. The Labute approximate surface area is 110 Å². The van der Waals surface area contributed by atoms with E-state index >= 15 is 0 Å². The summed E-state index contributed by atoms with van der Waals surface area (Å²) in [6, 6.07) is 6.33. The predicted molar refractivity (Wildman–Crippen MR) is 69.9 cm³/mol. The molecule has 19 heavy (non-hydrogen) atoms. The molecule has 0 fully saturated rings. The Bertz CT molecular complexity index is 594. The lowest BCUT2D eigenvalue weighted by atomic mass is 10.2. The van der Waals surface area contributed by atoms with Gasteiger partial charge in [-0.05, 0) is 12.5 Å². The molecular formula is C12H15N5O2. The van der Waals surface area contributed by atoms with Gasteiger partial charge in [0.05, 0.1) is 22.0 Å². The largest absolute Gasteiger partial charge is 0.325 e. The van der Waals surface area contributed by atoms with Gasteiger partial charge in [-0.25, -0.2) is 4.68 Å². The highest BCUT2D eigenvalue weighted by atomic mass is 16.6. The van der Waals surface area contributed by atoms with Gasteiger partial charge >= 0.3 is 0 Å². The molecule has 0 unspecified atom stereocenters. The maximum absolute atomic E-state index is 10.8. The van der Waals surface area contributed by atoms with Gasteiger partial charge in [0.2, 0.25) is 0 Å². The summed E-state index contributed by atoms with van der Waals surface area (Å²) in [7, 11) is 0. The first-order chi connectivity index (χ1) is 9.17. The molecule has 1 heterocycles. The van der Waals surface area contributed by atoms with Gasteiger partial charge in [0.15, 0.2) is 0 Å². The summed E-state index contributed by atoms with van der Waals surface area (Å²) in [4.78, 5) is 10.4. The van der Waals surface area contributed by atoms with Crippen LogP contribution in [0.4, 0.5) is 5.69 Å². The summed E-state index contributed by atoms with van der Waals surface area (Å²) in [5, 5.41) is 18.9. The average molecular weight is 261 g/mol. The zero-order valence-electron chi connectivity index (χ0n) is 10.6. The maximum Gasteiger partial charge on any atom is 0.271 e. The van der Waals surface area contributed by atoms with Gasteiger partial charge in [-0.3, -0.25) is 10.1 Å². The molecular weight excluding hydrogens is 246 g/mol. The monoisotopic (exact) mass is 261 g/mol. The van der Waals surface area contributed by atoms with Crippen molar-refractivity contribution < 1.29 is 4.92 Å². The molecule has 0 atom stereocenters. The van der Waals surface area contributed by atoms with E-state index in [9.17, 15) is 10.1 Å². The topological polar surface area (TPSA) is 99.9 Å². The highest BCUT2D eigenvalue weighted by Gasteiger charge is 2.14. The lowest BCUT2D eigenvalue weighted by molar-refractivity contribution is -0.384. The Hall–Kier alpha value is -2.28. The number of rotatable bonds is 5. The predicted octanol–water partition coefficient (Wildman–Crippen LogP) is 1.59. The van der Waals surface area contributed by atoms with Crippen molar-refractivity contribution >= 4 is 5.69 Å². The van der Waals surface area contributed by atoms with Gasteiger partial charge in [0.25, 0.3) is 5.69 Å². The van der Waals surface area contributed by atoms with Crippen molar-refractivity contribution in [3.8, 4) is 5.69 Å². The van der Waals surface area contributed by atoms with Crippen LogP contribution in [-0.4, -0.2) is 19.9 Å². The van der Waals surface area contributed by atoms with Crippen molar-refractivity contribution in [3.05, 3.63) is 45.8 Å². The maximum atomic E-state index is 10.8. The molecule has 2 rings (SSSR count). The number of hydrogen-bond acceptors (Lipinski definition) is 5. The van der Waals surface area contributed by atoms with Gasteiger partial charge < -0.3 is 5.73 Å². The van der Waals surface area contributed by atoms with Crippen molar-refractivity contribution in [2.75, 3.05) is 0 Å². The molecule has 7 heteroatoms. The second kappa shape index (κ2) is 5.57. The lowest BCUT2D eigenvalue weighted by Gasteiger charge is -2.06. The van der Waals surface area contributed by atoms with E-state index in [1.807, 2.05) is 6.92 Å². The van der Waals surface area contributed by atoms with Crippen LogP contribution >= 0.6 is 0 Å². The molecule has 0 aliphatic carbocycles. The third-order valence-corrected chi connectivity index (χ3v) is 2.81. The van der Waals surface area contributed by atoms with E-state index in [0.717, 1.165) is 24.2 Å². The van der Waals surface area contributed by atoms with E-state index in [2.05, 4.69) is 10.3 Å². The van der Waals surface area contributed by atoms with Crippen LogP contribution in [0.2, 0.25) is 0 Å². The summed E-state index contributed by atoms with van der Waals surface area (Å²) in [6.45, 7) is 2.36. The number of nitro groups is 1. The molecule has 0 spiro atoms. The first kappa shape index (κ1) is 13.2. The minimum Gasteiger partial charge on any atom is -0.325 e. The molecule has 0 bridgehead atoms. The lowest BCUT2D eigenvalue weighted by Crippen LogP contribution is -2.06. The summed E-state index contributed by atoms with van der Waals surface area (Å²) in [6.07, 6.45) is 1.71. The quantitative estimate of drug-likeness (QED) is 0.650. The number of aromatic nitrogens is 3. The van der Waals surface area contributed by atoms with Gasteiger partial charge in [-0.2, -0.15) is 0 Å². The molecule has 7 nitrogen and oxygen atoms in total. The second-order valence-corrected chi connectivity index (χ2v) is 4.13. The van der Waals surface area contributed by atoms with Crippen LogP contribution in [0.3, 0.4) is 0 Å².